The predicted molar refractivity (Wildman–Crippen MR) is 38.6 cm³/mol. The summed E-state index contributed by atoms with van der Waals surface area (Å²) in [6.07, 6.45) is 1.20. The van der Waals surface area contributed by atoms with Crippen LogP contribution in [0.4, 0.5) is 0 Å². The van der Waals surface area contributed by atoms with Crippen LogP contribution in [0.3, 0.4) is 0 Å². The normalized spacial score (nSPS) is 26.1. The van der Waals surface area contributed by atoms with Gasteiger partial charge < -0.3 is 9.47 Å². The molecule has 1 fully saturated rings. The highest BCUT2D eigenvalue weighted by atomic mass is 32.1. The van der Waals surface area contributed by atoms with E-state index in [4.69, 9.17) is 21.7 Å². The summed E-state index contributed by atoms with van der Waals surface area (Å²) in [5, 5.41) is 0.616. The average molecular weight is 146 g/mol. The Morgan fingerprint density at radius 3 is 3.00 bits per heavy atom. The highest BCUT2D eigenvalue weighted by Gasteiger charge is 2.16. The molecule has 0 radical (unpaired) electrons. The molecule has 3 heteroatoms. The van der Waals surface area contributed by atoms with Gasteiger partial charge in [0.25, 0.3) is 0 Å². The van der Waals surface area contributed by atoms with Crippen molar-refractivity contribution in [2.24, 2.45) is 0 Å². The van der Waals surface area contributed by atoms with E-state index in [0.717, 1.165) is 13.0 Å². The van der Waals surface area contributed by atoms with Crippen molar-refractivity contribution in [3.05, 3.63) is 0 Å². The first-order valence-corrected chi connectivity index (χ1v) is 3.45. The van der Waals surface area contributed by atoms with E-state index in [1.807, 2.05) is 0 Å². The molecule has 1 aliphatic rings. The largest absolute Gasteiger partial charge is 0.482 e. The summed E-state index contributed by atoms with van der Waals surface area (Å²) < 4.78 is 10.3. The standard InChI is InChI=1S/C6H10O2S/c1-5(9)8-6-2-3-7-4-6/h6H,2-4H2,1H3. The molecule has 52 valence electrons. The Morgan fingerprint density at radius 2 is 2.56 bits per heavy atom. The van der Waals surface area contributed by atoms with Gasteiger partial charge in [-0.3, -0.25) is 0 Å². The van der Waals surface area contributed by atoms with Crippen LogP contribution >= 0.6 is 12.2 Å². The summed E-state index contributed by atoms with van der Waals surface area (Å²) >= 11 is 4.75. The maximum Gasteiger partial charge on any atom is 0.157 e. The van der Waals surface area contributed by atoms with Crippen molar-refractivity contribution in [1.29, 1.82) is 0 Å². The summed E-state index contributed by atoms with van der Waals surface area (Å²) in [7, 11) is 0. The maximum absolute atomic E-state index is 5.22. The lowest BCUT2D eigenvalue weighted by Gasteiger charge is -2.08. The van der Waals surface area contributed by atoms with Gasteiger partial charge in [0.1, 0.15) is 6.10 Å². The zero-order valence-electron chi connectivity index (χ0n) is 5.42. The fraction of sp³-hybridized carbons (Fsp3) is 0.833. The quantitative estimate of drug-likeness (QED) is 0.517. The van der Waals surface area contributed by atoms with Crippen molar-refractivity contribution >= 4 is 17.3 Å². The summed E-state index contributed by atoms with van der Waals surface area (Å²) in [5.74, 6) is 0. The van der Waals surface area contributed by atoms with Crippen molar-refractivity contribution in [1.82, 2.24) is 0 Å². The summed E-state index contributed by atoms with van der Waals surface area (Å²) in [5.41, 5.74) is 0. The molecular weight excluding hydrogens is 136 g/mol. The first-order chi connectivity index (χ1) is 4.29. The Labute approximate surface area is 60.1 Å². The van der Waals surface area contributed by atoms with Gasteiger partial charge in [-0.05, 0) is 12.2 Å². The number of thiocarbonyl (C=S) groups is 1. The molecule has 1 rings (SSSR count). The monoisotopic (exact) mass is 146 g/mol. The molecule has 0 N–H and O–H groups in total. The van der Waals surface area contributed by atoms with Gasteiger partial charge in [-0.1, -0.05) is 0 Å². The van der Waals surface area contributed by atoms with Crippen molar-refractivity contribution < 1.29 is 9.47 Å². The smallest absolute Gasteiger partial charge is 0.157 e. The third-order valence-corrected chi connectivity index (χ3v) is 1.32. The van der Waals surface area contributed by atoms with Crippen LogP contribution in [-0.2, 0) is 9.47 Å². The van der Waals surface area contributed by atoms with Gasteiger partial charge >= 0.3 is 0 Å². The van der Waals surface area contributed by atoms with Gasteiger partial charge in [-0.25, -0.2) is 0 Å². The minimum atomic E-state index is 0.225. The summed E-state index contributed by atoms with van der Waals surface area (Å²) in [6.45, 7) is 3.30. The lowest BCUT2D eigenvalue weighted by molar-refractivity contribution is 0.136. The van der Waals surface area contributed by atoms with Crippen molar-refractivity contribution in [2.45, 2.75) is 19.4 Å². The minimum Gasteiger partial charge on any atom is -0.482 e. The Morgan fingerprint density at radius 1 is 1.78 bits per heavy atom. The Bertz CT molecular complexity index is 108. The van der Waals surface area contributed by atoms with Crippen LogP contribution in [0.25, 0.3) is 0 Å². The topological polar surface area (TPSA) is 18.5 Å². The zero-order valence-corrected chi connectivity index (χ0v) is 6.24. The molecule has 1 unspecified atom stereocenters. The van der Waals surface area contributed by atoms with E-state index in [1.54, 1.807) is 6.92 Å². The van der Waals surface area contributed by atoms with Gasteiger partial charge in [0.2, 0.25) is 0 Å². The van der Waals surface area contributed by atoms with Crippen molar-refractivity contribution in [2.75, 3.05) is 13.2 Å². The molecule has 1 heterocycles. The fourth-order valence-corrected chi connectivity index (χ4v) is 0.977. The molecule has 0 aromatic carbocycles. The fourth-order valence-electron chi connectivity index (χ4n) is 0.841. The van der Waals surface area contributed by atoms with E-state index in [-0.39, 0.29) is 6.10 Å². The molecule has 1 atom stereocenters. The molecular formula is C6H10O2S. The highest BCUT2D eigenvalue weighted by molar-refractivity contribution is 7.80. The van der Waals surface area contributed by atoms with Crippen LogP contribution in [0.2, 0.25) is 0 Å². The summed E-state index contributed by atoms with van der Waals surface area (Å²) in [4.78, 5) is 0. The van der Waals surface area contributed by atoms with Crippen molar-refractivity contribution in [3.8, 4) is 0 Å². The SMILES string of the molecule is CC(=S)OC1CCOC1. The van der Waals surface area contributed by atoms with E-state index in [0.29, 0.717) is 11.7 Å². The first kappa shape index (κ1) is 6.96. The molecule has 1 saturated heterocycles. The van der Waals surface area contributed by atoms with Crippen LogP contribution in [0.5, 0.6) is 0 Å². The Balaban J connectivity index is 2.19. The number of hydrogen-bond acceptors (Lipinski definition) is 3. The van der Waals surface area contributed by atoms with Crippen molar-refractivity contribution in [3.63, 3.8) is 0 Å². The predicted octanol–water partition coefficient (Wildman–Crippen LogP) is 1.14. The molecule has 2 nitrogen and oxygen atoms in total. The van der Waals surface area contributed by atoms with E-state index in [9.17, 15) is 0 Å². The Hall–Kier alpha value is -0.150. The molecule has 0 saturated carbocycles. The number of hydrogen-bond donors (Lipinski definition) is 0. The molecule has 0 bridgehead atoms. The Kier molecular flexibility index (Phi) is 2.42. The third-order valence-electron chi connectivity index (χ3n) is 1.22. The van der Waals surface area contributed by atoms with Crippen LogP contribution < -0.4 is 0 Å². The van der Waals surface area contributed by atoms with Gasteiger partial charge in [0.15, 0.2) is 5.05 Å². The zero-order chi connectivity index (χ0) is 6.69. The molecule has 9 heavy (non-hydrogen) atoms. The second kappa shape index (κ2) is 3.13. The minimum absolute atomic E-state index is 0.225. The van der Waals surface area contributed by atoms with Crippen LogP contribution in [-0.4, -0.2) is 24.4 Å². The third kappa shape index (κ3) is 2.28. The first-order valence-electron chi connectivity index (χ1n) is 3.04. The van der Waals surface area contributed by atoms with E-state index in [1.165, 1.54) is 0 Å². The summed E-state index contributed by atoms with van der Waals surface area (Å²) in [6, 6.07) is 0. The van der Waals surface area contributed by atoms with Gasteiger partial charge in [0, 0.05) is 13.3 Å². The molecule has 0 aromatic heterocycles. The average Bonchev–Trinajstić information content (AvgIpc) is 2.15. The van der Waals surface area contributed by atoms with E-state index in [2.05, 4.69) is 0 Å². The number of rotatable bonds is 1. The lowest BCUT2D eigenvalue weighted by atomic mass is 10.3. The van der Waals surface area contributed by atoms with Crippen LogP contribution in [0, 0.1) is 0 Å². The van der Waals surface area contributed by atoms with Gasteiger partial charge in [-0.15, -0.1) is 0 Å². The molecule has 0 aromatic rings. The highest BCUT2D eigenvalue weighted by Crippen LogP contribution is 2.08. The molecule has 0 aliphatic carbocycles. The second-order valence-corrected chi connectivity index (χ2v) is 2.67. The van der Waals surface area contributed by atoms with Gasteiger partial charge in [-0.2, -0.15) is 0 Å². The molecule has 0 spiro atoms. The maximum atomic E-state index is 5.22. The van der Waals surface area contributed by atoms with Gasteiger partial charge in [0.05, 0.1) is 13.2 Å². The van der Waals surface area contributed by atoms with E-state index < -0.39 is 0 Å². The lowest BCUT2D eigenvalue weighted by Crippen LogP contribution is -2.14. The second-order valence-electron chi connectivity index (χ2n) is 2.10. The van der Waals surface area contributed by atoms with Crippen LogP contribution in [0.15, 0.2) is 0 Å². The molecule has 1 aliphatic heterocycles. The van der Waals surface area contributed by atoms with E-state index >= 15 is 0 Å². The number of ether oxygens (including phenoxy) is 2. The van der Waals surface area contributed by atoms with Crippen LogP contribution in [0.1, 0.15) is 13.3 Å². The molecule has 0 amide bonds.